The van der Waals surface area contributed by atoms with Gasteiger partial charge in [-0.2, -0.15) is 0 Å². The van der Waals surface area contributed by atoms with E-state index >= 15 is 0 Å². The highest BCUT2D eigenvalue weighted by molar-refractivity contribution is 5.97. The van der Waals surface area contributed by atoms with Crippen molar-refractivity contribution in [3.05, 3.63) is 48.5 Å². The first-order valence-electron chi connectivity index (χ1n) is 6.92. The minimum Gasteiger partial charge on any atom is -0.496 e. The van der Waals surface area contributed by atoms with Crippen LogP contribution < -0.4 is 15.8 Å². The van der Waals surface area contributed by atoms with Crippen molar-refractivity contribution in [3.63, 3.8) is 0 Å². The van der Waals surface area contributed by atoms with Crippen LogP contribution in [-0.4, -0.2) is 30.3 Å². The van der Waals surface area contributed by atoms with Crippen LogP contribution in [0.3, 0.4) is 0 Å². The van der Waals surface area contributed by atoms with Gasteiger partial charge in [0.1, 0.15) is 11.3 Å². The molecule has 0 saturated heterocycles. The molecule has 0 saturated carbocycles. The zero-order valence-corrected chi connectivity index (χ0v) is 12.7. The normalized spacial score (nSPS) is 13.3. The van der Waals surface area contributed by atoms with E-state index in [2.05, 4.69) is 5.32 Å². The molecule has 0 aliphatic carbocycles. The lowest BCUT2D eigenvalue weighted by Gasteiger charge is -2.20. The van der Waals surface area contributed by atoms with E-state index < -0.39 is 18.1 Å². The fourth-order valence-corrected chi connectivity index (χ4v) is 1.96. The van der Waals surface area contributed by atoms with Crippen molar-refractivity contribution in [2.45, 2.75) is 12.5 Å². The number of aliphatic hydroxyl groups excluding tert-OH is 1. The van der Waals surface area contributed by atoms with Crippen LogP contribution in [0, 0.1) is 0 Å². The quantitative estimate of drug-likeness (QED) is 0.788. The first-order chi connectivity index (χ1) is 10.5. The Balaban J connectivity index is 2.19. The number of benzene rings is 2. The monoisotopic (exact) mass is 300 g/mol. The summed E-state index contributed by atoms with van der Waals surface area (Å²) in [5.74, 6) is 0.356. The molecular weight excluding hydrogens is 280 g/mol. The van der Waals surface area contributed by atoms with Crippen molar-refractivity contribution in [3.8, 4) is 16.9 Å². The maximum Gasteiger partial charge on any atom is 0.246 e. The number of nitrogens with one attached hydrogen (secondary N) is 1. The minimum absolute atomic E-state index is 0.419. The molecule has 0 spiro atoms. The van der Waals surface area contributed by atoms with Gasteiger partial charge in [-0.1, -0.05) is 30.3 Å². The fraction of sp³-hybridized carbons (Fsp3) is 0.235. The van der Waals surface area contributed by atoms with Gasteiger partial charge in [0.25, 0.3) is 0 Å². The molecule has 116 valence electrons. The average molecular weight is 300 g/mol. The molecule has 0 unspecified atom stereocenters. The molecule has 2 aromatic carbocycles. The van der Waals surface area contributed by atoms with Gasteiger partial charge in [-0.3, -0.25) is 4.79 Å². The molecule has 0 bridgehead atoms. The van der Waals surface area contributed by atoms with Gasteiger partial charge in [-0.25, -0.2) is 0 Å². The maximum atomic E-state index is 11.9. The summed E-state index contributed by atoms with van der Waals surface area (Å²) in [6, 6.07) is 15.1. The van der Waals surface area contributed by atoms with Crippen molar-refractivity contribution < 1.29 is 14.6 Å². The highest BCUT2D eigenvalue weighted by atomic mass is 16.5. The second-order valence-corrected chi connectivity index (χ2v) is 5.31. The number of para-hydroxylation sites is 1. The summed E-state index contributed by atoms with van der Waals surface area (Å²) < 4.78 is 5.34. The SMILES string of the molecule is COc1ccccc1-c1ccc(NC(=O)[C@@](C)(N)CO)cc1. The molecule has 0 aromatic heterocycles. The van der Waals surface area contributed by atoms with E-state index in [9.17, 15) is 4.79 Å². The van der Waals surface area contributed by atoms with Gasteiger partial charge < -0.3 is 20.9 Å². The summed E-state index contributed by atoms with van der Waals surface area (Å²) in [7, 11) is 1.63. The zero-order chi connectivity index (χ0) is 16.2. The van der Waals surface area contributed by atoms with Crippen molar-refractivity contribution in [1.82, 2.24) is 0 Å². The third-order valence-electron chi connectivity index (χ3n) is 3.41. The van der Waals surface area contributed by atoms with E-state index in [0.29, 0.717) is 5.69 Å². The molecule has 5 heteroatoms. The summed E-state index contributed by atoms with van der Waals surface area (Å²) in [6.45, 7) is 1.06. The Labute approximate surface area is 129 Å². The molecule has 0 fully saturated rings. The number of carbonyl (C=O) groups excluding carboxylic acids is 1. The van der Waals surface area contributed by atoms with Gasteiger partial charge in [0.15, 0.2) is 0 Å². The molecule has 4 N–H and O–H groups in total. The third-order valence-corrected chi connectivity index (χ3v) is 3.41. The molecule has 0 aliphatic heterocycles. The average Bonchev–Trinajstić information content (AvgIpc) is 2.55. The van der Waals surface area contributed by atoms with E-state index in [4.69, 9.17) is 15.6 Å². The maximum absolute atomic E-state index is 11.9. The molecule has 2 aromatic rings. The predicted octanol–water partition coefficient (Wildman–Crippen LogP) is 2.01. The summed E-state index contributed by atoms with van der Waals surface area (Å²) in [6.07, 6.45) is 0. The Morgan fingerprint density at radius 2 is 1.86 bits per heavy atom. The highest BCUT2D eigenvalue weighted by Crippen LogP contribution is 2.30. The summed E-state index contributed by atoms with van der Waals surface area (Å²) in [5.41, 5.74) is 6.96. The number of amides is 1. The van der Waals surface area contributed by atoms with Crippen LogP contribution in [0.25, 0.3) is 11.1 Å². The van der Waals surface area contributed by atoms with Crippen LogP contribution in [0.4, 0.5) is 5.69 Å². The number of rotatable bonds is 5. The lowest BCUT2D eigenvalue weighted by atomic mass is 10.0. The van der Waals surface area contributed by atoms with Crippen LogP contribution in [0.5, 0.6) is 5.75 Å². The van der Waals surface area contributed by atoms with E-state index in [1.54, 1.807) is 19.2 Å². The molecule has 1 amide bonds. The van der Waals surface area contributed by atoms with E-state index in [1.807, 2.05) is 36.4 Å². The first-order valence-corrected chi connectivity index (χ1v) is 6.92. The van der Waals surface area contributed by atoms with Gasteiger partial charge in [0.2, 0.25) is 5.91 Å². The number of hydrogen-bond donors (Lipinski definition) is 3. The zero-order valence-electron chi connectivity index (χ0n) is 12.7. The first kappa shape index (κ1) is 16.0. The topological polar surface area (TPSA) is 84.6 Å². The lowest BCUT2D eigenvalue weighted by molar-refractivity contribution is -0.121. The summed E-state index contributed by atoms with van der Waals surface area (Å²) in [5, 5.41) is 11.8. The van der Waals surface area contributed by atoms with Gasteiger partial charge in [-0.05, 0) is 30.7 Å². The highest BCUT2D eigenvalue weighted by Gasteiger charge is 2.27. The van der Waals surface area contributed by atoms with Gasteiger partial charge >= 0.3 is 0 Å². The molecule has 0 radical (unpaired) electrons. The largest absolute Gasteiger partial charge is 0.496 e. The minimum atomic E-state index is -1.30. The van der Waals surface area contributed by atoms with Crippen molar-refractivity contribution in [2.75, 3.05) is 19.0 Å². The Kier molecular flexibility index (Phi) is 4.80. The molecule has 0 heterocycles. The smallest absolute Gasteiger partial charge is 0.246 e. The van der Waals surface area contributed by atoms with Crippen LogP contribution in [0.2, 0.25) is 0 Å². The Bertz CT molecular complexity index is 651. The standard InChI is InChI=1S/C17H20N2O3/c1-17(18,11-20)16(21)19-13-9-7-12(8-10-13)14-5-3-4-6-15(14)22-2/h3-10,20H,11,18H2,1-2H3,(H,19,21)/t17-/m0/s1. The van der Waals surface area contributed by atoms with E-state index in [1.165, 1.54) is 6.92 Å². The lowest BCUT2D eigenvalue weighted by Crippen LogP contribution is -2.51. The number of anilines is 1. The van der Waals surface area contributed by atoms with Crippen molar-refractivity contribution in [2.24, 2.45) is 5.73 Å². The van der Waals surface area contributed by atoms with E-state index in [-0.39, 0.29) is 0 Å². The second kappa shape index (κ2) is 6.60. The number of aliphatic hydroxyl groups is 1. The fourth-order valence-electron chi connectivity index (χ4n) is 1.96. The molecule has 0 aliphatic rings. The predicted molar refractivity (Wildman–Crippen MR) is 86.7 cm³/mol. The van der Waals surface area contributed by atoms with Gasteiger partial charge in [-0.15, -0.1) is 0 Å². The van der Waals surface area contributed by atoms with Crippen LogP contribution >= 0.6 is 0 Å². The Morgan fingerprint density at radius 1 is 1.23 bits per heavy atom. The number of carbonyl (C=O) groups is 1. The van der Waals surface area contributed by atoms with Crippen LogP contribution in [-0.2, 0) is 4.79 Å². The molecule has 1 atom stereocenters. The Hall–Kier alpha value is -2.37. The number of methoxy groups -OCH3 is 1. The van der Waals surface area contributed by atoms with Gasteiger partial charge in [0.05, 0.1) is 13.7 Å². The van der Waals surface area contributed by atoms with Gasteiger partial charge in [0, 0.05) is 11.3 Å². The van der Waals surface area contributed by atoms with Crippen LogP contribution in [0.1, 0.15) is 6.92 Å². The van der Waals surface area contributed by atoms with Crippen molar-refractivity contribution >= 4 is 11.6 Å². The summed E-state index contributed by atoms with van der Waals surface area (Å²) in [4.78, 5) is 11.9. The second-order valence-electron chi connectivity index (χ2n) is 5.31. The third kappa shape index (κ3) is 3.44. The molecule has 5 nitrogen and oxygen atoms in total. The number of ether oxygens (including phenoxy) is 1. The van der Waals surface area contributed by atoms with E-state index in [0.717, 1.165) is 16.9 Å². The molecular formula is C17H20N2O3. The van der Waals surface area contributed by atoms with Crippen LogP contribution in [0.15, 0.2) is 48.5 Å². The molecule has 2 rings (SSSR count). The Morgan fingerprint density at radius 3 is 2.45 bits per heavy atom. The molecule has 22 heavy (non-hydrogen) atoms. The van der Waals surface area contributed by atoms with Crippen molar-refractivity contribution in [1.29, 1.82) is 0 Å². The summed E-state index contributed by atoms with van der Waals surface area (Å²) >= 11 is 0. The number of hydrogen-bond acceptors (Lipinski definition) is 4. The number of nitrogens with two attached hydrogens (primary N) is 1.